The number of carbonyl (C=O) groups is 1. The Morgan fingerprint density at radius 2 is 2.25 bits per heavy atom. The maximum atomic E-state index is 12.0. The Balaban J connectivity index is 0.00000288. The molecule has 1 aromatic carbocycles. The molecule has 0 aliphatic carbocycles. The maximum Gasteiger partial charge on any atom is 0.238 e. The van der Waals surface area contributed by atoms with Gasteiger partial charge in [-0.15, -0.1) is 12.4 Å². The third-order valence-corrected chi connectivity index (χ3v) is 3.63. The highest BCUT2D eigenvalue weighted by Gasteiger charge is 2.17. The summed E-state index contributed by atoms with van der Waals surface area (Å²) in [5, 5.41) is 5.90. The van der Waals surface area contributed by atoms with Crippen molar-refractivity contribution in [2.45, 2.75) is 25.9 Å². The number of hydrogen-bond acceptors (Lipinski definition) is 5. The Hall–Kier alpha value is -1.34. The number of methoxy groups -OCH3 is 1. The van der Waals surface area contributed by atoms with Gasteiger partial charge in [0.05, 0.1) is 24.9 Å². The molecule has 136 valence electrons. The molecule has 1 unspecified atom stereocenters. The van der Waals surface area contributed by atoms with E-state index in [-0.39, 0.29) is 31.0 Å². The zero-order chi connectivity index (χ0) is 16.5. The summed E-state index contributed by atoms with van der Waals surface area (Å²) in [6.07, 6.45) is 2.25. The van der Waals surface area contributed by atoms with E-state index in [1.54, 1.807) is 7.11 Å². The molecular formula is C17H27ClN2O4. The third-order valence-electron chi connectivity index (χ3n) is 3.63. The molecule has 1 atom stereocenters. The monoisotopic (exact) mass is 358 g/mol. The Bertz CT molecular complexity index is 507. The second kappa shape index (κ2) is 11.3. The van der Waals surface area contributed by atoms with E-state index < -0.39 is 0 Å². The van der Waals surface area contributed by atoms with Crippen LogP contribution in [0.5, 0.6) is 5.75 Å². The minimum atomic E-state index is -0.105. The van der Waals surface area contributed by atoms with Gasteiger partial charge >= 0.3 is 0 Å². The lowest BCUT2D eigenvalue weighted by Crippen LogP contribution is -2.30. The van der Waals surface area contributed by atoms with Gasteiger partial charge in [0.25, 0.3) is 0 Å². The molecule has 1 saturated heterocycles. The largest absolute Gasteiger partial charge is 0.489 e. The summed E-state index contributed by atoms with van der Waals surface area (Å²) in [7, 11) is 1.63. The smallest absolute Gasteiger partial charge is 0.238 e. The molecule has 1 aliphatic heterocycles. The topological polar surface area (TPSA) is 68.8 Å². The van der Waals surface area contributed by atoms with Gasteiger partial charge in [0.2, 0.25) is 5.91 Å². The van der Waals surface area contributed by atoms with Gasteiger partial charge in [-0.2, -0.15) is 0 Å². The standard InChI is InChI=1S/C17H26N2O4.ClH/c1-13-5-6-15(19-17(20)11-18-7-9-21-2)16(10-13)23-12-14-4-3-8-22-14;/h5-6,10,14,18H,3-4,7-9,11-12H2,1-2H3,(H,19,20);1H. The third kappa shape index (κ3) is 7.05. The van der Waals surface area contributed by atoms with Crippen molar-refractivity contribution in [2.75, 3.05) is 45.3 Å². The summed E-state index contributed by atoms with van der Waals surface area (Å²) in [6, 6.07) is 5.75. The van der Waals surface area contributed by atoms with Gasteiger partial charge in [0.15, 0.2) is 0 Å². The van der Waals surface area contributed by atoms with Crippen LogP contribution in [0.25, 0.3) is 0 Å². The predicted molar refractivity (Wildman–Crippen MR) is 96.3 cm³/mol. The molecule has 1 amide bonds. The molecule has 0 spiro atoms. The molecule has 0 radical (unpaired) electrons. The average molecular weight is 359 g/mol. The first-order valence-corrected chi connectivity index (χ1v) is 8.03. The highest BCUT2D eigenvalue weighted by Crippen LogP contribution is 2.26. The van der Waals surface area contributed by atoms with E-state index in [9.17, 15) is 4.79 Å². The van der Waals surface area contributed by atoms with Crippen molar-refractivity contribution >= 4 is 24.0 Å². The van der Waals surface area contributed by atoms with Crippen molar-refractivity contribution in [1.29, 1.82) is 0 Å². The quantitative estimate of drug-likeness (QED) is 0.662. The minimum Gasteiger partial charge on any atom is -0.489 e. The molecule has 24 heavy (non-hydrogen) atoms. The van der Waals surface area contributed by atoms with Gasteiger partial charge in [0.1, 0.15) is 12.4 Å². The summed E-state index contributed by atoms with van der Waals surface area (Å²) < 4.78 is 16.4. The van der Waals surface area contributed by atoms with Crippen molar-refractivity contribution < 1.29 is 19.0 Å². The Morgan fingerprint density at radius 1 is 1.42 bits per heavy atom. The zero-order valence-corrected chi connectivity index (χ0v) is 15.1. The molecular weight excluding hydrogens is 332 g/mol. The van der Waals surface area contributed by atoms with Crippen molar-refractivity contribution in [2.24, 2.45) is 0 Å². The van der Waals surface area contributed by atoms with Crippen LogP contribution in [0.2, 0.25) is 0 Å². The van der Waals surface area contributed by atoms with Gasteiger partial charge in [-0.05, 0) is 37.5 Å². The highest BCUT2D eigenvalue weighted by atomic mass is 35.5. The van der Waals surface area contributed by atoms with Gasteiger partial charge in [-0.25, -0.2) is 0 Å². The fourth-order valence-electron chi connectivity index (χ4n) is 2.38. The maximum absolute atomic E-state index is 12.0. The van der Waals surface area contributed by atoms with Gasteiger partial charge in [-0.3, -0.25) is 4.79 Å². The van der Waals surface area contributed by atoms with Crippen molar-refractivity contribution in [1.82, 2.24) is 5.32 Å². The number of aryl methyl sites for hydroxylation is 1. The Labute approximate surface area is 149 Å². The van der Waals surface area contributed by atoms with Gasteiger partial charge in [-0.1, -0.05) is 6.07 Å². The number of nitrogens with one attached hydrogen (secondary N) is 2. The molecule has 2 rings (SSSR count). The summed E-state index contributed by atoms with van der Waals surface area (Å²) in [5.74, 6) is 0.581. The van der Waals surface area contributed by atoms with E-state index in [1.807, 2.05) is 25.1 Å². The summed E-state index contributed by atoms with van der Waals surface area (Å²) in [5.41, 5.74) is 1.77. The summed E-state index contributed by atoms with van der Waals surface area (Å²) in [6.45, 7) is 4.77. The normalized spacial score (nSPS) is 16.5. The molecule has 0 saturated carbocycles. The second-order valence-electron chi connectivity index (χ2n) is 5.66. The molecule has 0 bridgehead atoms. The zero-order valence-electron chi connectivity index (χ0n) is 14.3. The van der Waals surface area contributed by atoms with Crippen LogP contribution >= 0.6 is 12.4 Å². The van der Waals surface area contributed by atoms with Crippen LogP contribution in [0.4, 0.5) is 5.69 Å². The molecule has 1 aromatic rings. The summed E-state index contributed by atoms with van der Waals surface area (Å²) >= 11 is 0. The van der Waals surface area contributed by atoms with E-state index in [2.05, 4.69) is 10.6 Å². The lowest BCUT2D eigenvalue weighted by Gasteiger charge is -2.16. The van der Waals surface area contributed by atoms with Crippen molar-refractivity contribution in [3.63, 3.8) is 0 Å². The summed E-state index contributed by atoms with van der Waals surface area (Å²) in [4.78, 5) is 12.0. The molecule has 0 aromatic heterocycles. The fourth-order valence-corrected chi connectivity index (χ4v) is 2.38. The Morgan fingerprint density at radius 3 is 2.96 bits per heavy atom. The molecule has 1 fully saturated rings. The number of ether oxygens (including phenoxy) is 3. The van der Waals surface area contributed by atoms with Gasteiger partial charge < -0.3 is 24.8 Å². The van der Waals surface area contributed by atoms with Crippen LogP contribution in [0, 0.1) is 6.92 Å². The van der Waals surface area contributed by atoms with Gasteiger partial charge in [0, 0.05) is 20.3 Å². The molecule has 6 nitrogen and oxygen atoms in total. The van der Waals surface area contributed by atoms with E-state index in [0.29, 0.717) is 31.2 Å². The van der Waals surface area contributed by atoms with Crippen LogP contribution in [-0.4, -0.2) is 52.0 Å². The van der Waals surface area contributed by atoms with Crippen LogP contribution in [-0.2, 0) is 14.3 Å². The SMILES string of the molecule is COCCNCC(=O)Nc1ccc(C)cc1OCC1CCCO1.Cl. The lowest BCUT2D eigenvalue weighted by atomic mass is 10.2. The predicted octanol–water partition coefficient (Wildman–Crippen LogP) is 2.15. The van der Waals surface area contributed by atoms with Crippen molar-refractivity contribution in [3.05, 3.63) is 23.8 Å². The first-order valence-electron chi connectivity index (χ1n) is 8.03. The van der Waals surface area contributed by atoms with Crippen molar-refractivity contribution in [3.8, 4) is 5.75 Å². The fraction of sp³-hybridized carbons (Fsp3) is 0.588. The average Bonchev–Trinajstić information content (AvgIpc) is 3.05. The van der Waals surface area contributed by atoms with E-state index in [4.69, 9.17) is 14.2 Å². The molecule has 7 heteroatoms. The number of benzene rings is 1. The number of rotatable bonds is 9. The van der Waals surface area contributed by atoms with E-state index in [1.165, 1.54) is 0 Å². The van der Waals surface area contributed by atoms with E-state index in [0.717, 1.165) is 25.0 Å². The highest BCUT2D eigenvalue weighted by molar-refractivity contribution is 5.93. The van der Waals surface area contributed by atoms with E-state index >= 15 is 0 Å². The van der Waals surface area contributed by atoms with Crippen LogP contribution in [0.1, 0.15) is 18.4 Å². The second-order valence-corrected chi connectivity index (χ2v) is 5.66. The Kier molecular flexibility index (Phi) is 9.71. The molecule has 1 aliphatic rings. The van der Waals surface area contributed by atoms with Crippen LogP contribution < -0.4 is 15.4 Å². The number of hydrogen-bond donors (Lipinski definition) is 2. The number of amides is 1. The molecule has 2 N–H and O–H groups in total. The molecule has 1 heterocycles. The van der Waals surface area contributed by atoms with Crippen LogP contribution in [0.3, 0.4) is 0 Å². The minimum absolute atomic E-state index is 0. The number of halogens is 1. The number of anilines is 1. The first kappa shape index (κ1) is 20.7. The lowest BCUT2D eigenvalue weighted by molar-refractivity contribution is -0.115. The first-order chi connectivity index (χ1) is 11.2. The van der Waals surface area contributed by atoms with Crippen LogP contribution in [0.15, 0.2) is 18.2 Å². The number of carbonyl (C=O) groups excluding carboxylic acids is 1.